The fourth-order valence-corrected chi connectivity index (χ4v) is 8.89. The van der Waals surface area contributed by atoms with Crippen LogP contribution < -0.4 is 0 Å². The first-order valence-corrected chi connectivity index (χ1v) is 18.4. The van der Waals surface area contributed by atoms with Crippen LogP contribution in [0.1, 0.15) is 11.1 Å². The maximum absolute atomic E-state index is 2.41. The Labute approximate surface area is 307 Å². The molecule has 0 N–H and O–H groups in total. The summed E-state index contributed by atoms with van der Waals surface area (Å²) in [5, 5.41) is 7.59. The van der Waals surface area contributed by atoms with Gasteiger partial charge in [-0.25, -0.2) is 0 Å². The normalized spacial score (nSPS) is 12.0. The van der Waals surface area contributed by atoms with E-state index in [4.69, 9.17) is 0 Å². The molecule has 0 saturated heterocycles. The number of hydrogen-bond donors (Lipinski definition) is 0. The number of para-hydroxylation sites is 4. The summed E-state index contributed by atoms with van der Waals surface area (Å²) in [4.78, 5) is 0. The minimum Gasteiger partial charge on any atom is -0.309 e. The Morgan fingerprint density at radius 3 is 0.981 bits per heavy atom. The molecule has 53 heavy (non-hydrogen) atoms. The van der Waals surface area contributed by atoms with E-state index in [2.05, 4.69) is 203 Å². The Kier molecular flexibility index (Phi) is 6.38. The van der Waals surface area contributed by atoms with Crippen molar-refractivity contribution in [1.29, 1.82) is 0 Å². The molecule has 3 heterocycles. The van der Waals surface area contributed by atoms with Crippen molar-refractivity contribution in [2.45, 2.75) is 13.8 Å². The van der Waals surface area contributed by atoms with Crippen LogP contribution in [0.3, 0.4) is 0 Å². The second kappa shape index (κ2) is 11.3. The van der Waals surface area contributed by atoms with E-state index in [1.165, 1.54) is 93.4 Å². The van der Waals surface area contributed by atoms with Gasteiger partial charge in [0, 0.05) is 49.4 Å². The van der Waals surface area contributed by atoms with Gasteiger partial charge in [0.2, 0.25) is 0 Å². The van der Waals surface area contributed by atoms with Crippen LogP contribution in [0.25, 0.3) is 93.6 Å². The number of hydrogen-bond acceptors (Lipinski definition) is 0. The Morgan fingerprint density at radius 2 is 0.585 bits per heavy atom. The smallest absolute Gasteiger partial charge is 0.0541 e. The molecule has 11 rings (SSSR count). The Bertz CT molecular complexity index is 3170. The van der Waals surface area contributed by atoms with E-state index < -0.39 is 0 Å². The van der Waals surface area contributed by atoms with E-state index in [0.29, 0.717) is 0 Å². The van der Waals surface area contributed by atoms with Gasteiger partial charge in [0.1, 0.15) is 0 Å². The van der Waals surface area contributed by atoms with Gasteiger partial charge >= 0.3 is 0 Å². The molecule has 0 fully saturated rings. The van der Waals surface area contributed by atoms with Crippen LogP contribution in [-0.4, -0.2) is 13.7 Å². The molecule has 0 bridgehead atoms. The highest BCUT2D eigenvalue weighted by Crippen LogP contribution is 2.39. The standard InChI is InChI=1S/C50H35N3/c1-32-27-33(2)29-38(28-32)53-48-18-10-6-14-42(48)44-31-35(20-26-50(44)53)34-19-25-49-43(30-34)41-13-5-9-17-47(41)52(49)37-23-21-36(22-24-37)51-45-15-7-3-11-39(45)40-12-4-8-16-46(40)51/h3-31H,1-2H3. The number of aromatic nitrogens is 3. The summed E-state index contributed by atoms with van der Waals surface area (Å²) in [6.45, 7) is 4.36. The first kappa shape index (κ1) is 29.8. The minimum atomic E-state index is 1.15. The van der Waals surface area contributed by atoms with E-state index in [0.717, 1.165) is 11.4 Å². The second-order valence-electron chi connectivity index (χ2n) is 14.4. The molecule has 0 spiro atoms. The van der Waals surface area contributed by atoms with Crippen molar-refractivity contribution in [3.8, 4) is 28.2 Å². The van der Waals surface area contributed by atoms with Gasteiger partial charge in [-0.1, -0.05) is 91.0 Å². The van der Waals surface area contributed by atoms with Crippen LogP contribution in [0.4, 0.5) is 0 Å². The number of fused-ring (bicyclic) bond motifs is 9. The molecular weight excluding hydrogens is 643 g/mol. The van der Waals surface area contributed by atoms with Gasteiger partial charge in [0.25, 0.3) is 0 Å². The lowest BCUT2D eigenvalue weighted by atomic mass is 10.0. The third-order valence-electron chi connectivity index (χ3n) is 11.1. The fourth-order valence-electron chi connectivity index (χ4n) is 8.89. The Balaban J connectivity index is 1.05. The van der Waals surface area contributed by atoms with Gasteiger partial charge < -0.3 is 13.7 Å². The molecule has 0 radical (unpaired) electrons. The monoisotopic (exact) mass is 677 g/mol. The Morgan fingerprint density at radius 1 is 0.264 bits per heavy atom. The molecular formula is C50H35N3. The van der Waals surface area contributed by atoms with Gasteiger partial charge in [0.15, 0.2) is 0 Å². The van der Waals surface area contributed by atoms with Crippen molar-refractivity contribution in [2.75, 3.05) is 0 Å². The lowest BCUT2D eigenvalue weighted by Crippen LogP contribution is -1.97. The van der Waals surface area contributed by atoms with Crippen LogP contribution in [0, 0.1) is 13.8 Å². The van der Waals surface area contributed by atoms with Crippen LogP contribution in [-0.2, 0) is 0 Å². The van der Waals surface area contributed by atoms with Gasteiger partial charge in [-0.05, 0) is 121 Å². The average Bonchev–Trinajstić information content (AvgIpc) is 3.83. The molecule has 250 valence electrons. The number of rotatable bonds is 4. The number of aryl methyl sites for hydroxylation is 2. The van der Waals surface area contributed by atoms with Crippen LogP contribution in [0.2, 0.25) is 0 Å². The highest BCUT2D eigenvalue weighted by Gasteiger charge is 2.17. The highest BCUT2D eigenvalue weighted by molar-refractivity contribution is 6.13. The molecule has 0 aliphatic rings. The third kappa shape index (κ3) is 4.47. The van der Waals surface area contributed by atoms with Crippen molar-refractivity contribution in [3.63, 3.8) is 0 Å². The van der Waals surface area contributed by atoms with Gasteiger partial charge in [0.05, 0.1) is 33.1 Å². The maximum Gasteiger partial charge on any atom is 0.0541 e. The van der Waals surface area contributed by atoms with E-state index in [1.54, 1.807) is 0 Å². The van der Waals surface area contributed by atoms with Gasteiger partial charge in [-0.2, -0.15) is 0 Å². The van der Waals surface area contributed by atoms with Crippen LogP contribution >= 0.6 is 0 Å². The molecule has 0 aliphatic heterocycles. The zero-order chi connectivity index (χ0) is 35.2. The molecule has 8 aromatic carbocycles. The first-order chi connectivity index (χ1) is 26.1. The molecule has 0 aliphatic carbocycles. The van der Waals surface area contributed by atoms with E-state index in [9.17, 15) is 0 Å². The quantitative estimate of drug-likeness (QED) is 0.176. The Hall–Kier alpha value is -6.84. The first-order valence-electron chi connectivity index (χ1n) is 18.4. The summed E-state index contributed by atoms with van der Waals surface area (Å²) < 4.78 is 7.20. The topological polar surface area (TPSA) is 14.8 Å². The summed E-state index contributed by atoms with van der Waals surface area (Å²) in [5.41, 5.74) is 15.8. The highest BCUT2D eigenvalue weighted by atomic mass is 15.0. The van der Waals surface area contributed by atoms with E-state index >= 15 is 0 Å². The maximum atomic E-state index is 2.41. The summed E-state index contributed by atoms with van der Waals surface area (Å²) in [6.07, 6.45) is 0. The lowest BCUT2D eigenvalue weighted by Gasteiger charge is -2.12. The SMILES string of the molecule is Cc1cc(C)cc(-n2c3ccccc3c3cc(-c4ccc5c(c4)c4ccccc4n5-c4ccc(-n5c6ccccc6c6ccccc65)cc4)ccc32)c1. The fraction of sp³-hybridized carbons (Fsp3) is 0.0400. The van der Waals surface area contributed by atoms with Crippen molar-refractivity contribution >= 4 is 65.4 Å². The van der Waals surface area contributed by atoms with E-state index in [1.807, 2.05) is 0 Å². The molecule has 0 atom stereocenters. The predicted molar refractivity (Wildman–Crippen MR) is 224 cm³/mol. The largest absolute Gasteiger partial charge is 0.309 e. The number of benzene rings is 8. The van der Waals surface area contributed by atoms with Crippen LogP contribution in [0.15, 0.2) is 176 Å². The third-order valence-corrected chi connectivity index (χ3v) is 11.1. The zero-order valence-corrected chi connectivity index (χ0v) is 29.6. The summed E-state index contributed by atoms with van der Waals surface area (Å²) in [5.74, 6) is 0. The zero-order valence-electron chi connectivity index (χ0n) is 29.6. The van der Waals surface area contributed by atoms with Crippen molar-refractivity contribution in [2.24, 2.45) is 0 Å². The molecule has 3 nitrogen and oxygen atoms in total. The molecule has 0 saturated carbocycles. The predicted octanol–water partition coefficient (Wildman–Crippen LogP) is 13.3. The summed E-state index contributed by atoms with van der Waals surface area (Å²) in [6, 6.07) is 64.7. The molecule has 0 unspecified atom stereocenters. The minimum absolute atomic E-state index is 1.15. The second-order valence-corrected chi connectivity index (χ2v) is 14.4. The summed E-state index contributed by atoms with van der Waals surface area (Å²) >= 11 is 0. The lowest BCUT2D eigenvalue weighted by molar-refractivity contribution is 1.14. The van der Waals surface area contributed by atoms with Gasteiger partial charge in [-0.3, -0.25) is 0 Å². The van der Waals surface area contributed by atoms with Gasteiger partial charge in [-0.15, -0.1) is 0 Å². The van der Waals surface area contributed by atoms with Crippen molar-refractivity contribution in [3.05, 3.63) is 187 Å². The van der Waals surface area contributed by atoms with Crippen molar-refractivity contribution in [1.82, 2.24) is 13.7 Å². The van der Waals surface area contributed by atoms with Crippen LogP contribution in [0.5, 0.6) is 0 Å². The molecule has 3 heteroatoms. The number of nitrogens with zero attached hydrogens (tertiary/aromatic N) is 3. The summed E-state index contributed by atoms with van der Waals surface area (Å²) in [7, 11) is 0. The molecule has 3 aromatic heterocycles. The average molecular weight is 678 g/mol. The van der Waals surface area contributed by atoms with Crippen molar-refractivity contribution < 1.29 is 0 Å². The van der Waals surface area contributed by atoms with E-state index in [-0.39, 0.29) is 0 Å². The molecule has 11 aromatic rings. The molecule has 0 amide bonds.